The van der Waals surface area contributed by atoms with Crippen LogP contribution < -0.4 is 20.3 Å². The Labute approximate surface area is 302 Å². The first-order valence-corrected chi connectivity index (χ1v) is 17.8. The van der Waals surface area contributed by atoms with E-state index in [1.807, 2.05) is 12.1 Å². The Kier molecular flexibility index (Phi) is 6.35. The summed E-state index contributed by atoms with van der Waals surface area (Å²) in [5.41, 5.74) is 14.7. The number of rotatable bonds is 4. The molecule has 2 aliphatic heterocycles. The Morgan fingerprint density at radius 2 is 1.00 bits per heavy atom. The van der Waals surface area contributed by atoms with Gasteiger partial charge in [0.2, 0.25) is 0 Å². The van der Waals surface area contributed by atoms with E-state index < -0.39 is 0 Å². The highest BCUT2D eigenvalue weighted by Gasteiger charge is 2.41. The Hall–Kier alpha value is -6.78. The third kappa shape index (κ3) is 4.48. The lowest BCUT2D eigenvalue weighted by Crippen LogP contribution is -2.53. The van der Waals surface area contributed by atoms with Gasteiger partial charge < -0.3 is 14.0 Å². The van der Waals surface area contributed by atoms with E-state index in [-0.39, 0.29) is 6.92 Å². The third-order valence-corrected chi connectivity index (χ3v) is 10.7. The first kappa shape index (κ1) is 29.0. The van der Waals surface area contributed by atoms with Crippen molar-refractivity contribution in [2.45, 2.75) is 0 Å². The van der Waals surface area contributed by atoms with E-state index in [0.29, 0.717) is 0 Å². The van der Waals surface area contributed by atoms with Crippen molar-refractivity contribution >= 4 is 39.6 Å². The lowest BCUT2D eigenvalue weighted by molar-refractivity contribution is 0.479. The van der Waals surface area contributed by atoms with Crippen molar-refractivity contribution in [2.24, 2.45) is 0 Å². The van der Waals surface area contributed by atoms with Crippen molar-refractivity contribution in [1.82, 2.24) is 4.57 Å². The number of para-hydroxylation sites is 3. The summed E-state index contributed by atoms with van der Waals surface area (Å²) in [5, 5.41) is 2.50. The van der Waals surface area contributed by atoms with Crippen LogP contribution in [0.4, 0.5) is 0 Å². The van der Waals surface area contributed by atoms with E-state index in [1.165, 1.54) is 32.9 Å². The summed E-state index contributed by atoms with van der Waals surface area (Å²) < 4.78 is 15.9. The van der Waals surface area contributed by atoms with Gasteiger partial charge in [0, 0.05) is 32.9 Å². The van der Waals surface area contributed by atoms with E-state index in [4.69, 9.17) is 9.39 Å². The second-order valence-corrected chi connectivity index (χ2v) is 13.7. The molecule has 8 aromatic carbocycles. The van der Waals surface area contributed by atoms with Crippen LogP contribution in [0.5, 0.6) is 17.2 Å². The summed E-state index contributed by atoms with van der Waals surface area (Å²) in [6.07, 6.45) is 0. The molecule has 0 amide bonds. The maximum Gasteiger partial charge on any atom is 0.434 e. The highest BCUT2D eigenvalue weighted by molar-refractivity contribution is 6.84. The van der Waals surface area contributed by atoms with Crippen molar-refractivity contribution in [2.75, 3.05) is 0 Å². The molecule has 3 nitrogen and oxygen atoms in total. The first-order valence-electron chi connectivity index (χ1n) is 17.8. The molecule has 1 aromatic heterocycles. The van der Waals surface area contributed by atoms with Crippen LogP contribution in [0.15, 0.2) is 182 Å². The van der Waals surface area contributed by atoms with Gasteiger partial charge in [-0.3, -0.25) is 0 Å². The van der Waals surface area contributed by atoms with Gasteiger partial charge in [-0.15, -0.1) is 0 Å². The van der Waals surface area contributed by atoms with Crippen LogP contribution in [-0.2, 0) is 0 Å². The normalized spacial score (nSPS) is 12.5. The fourth-order valence-electron chi connectivity index (χ4n) is 8.24. The number of aromatic nitrogens is 1. The molecule has 0 aliphatic carbocycles. The van der Waals surface area contributed by atoms with E-state index in [1.54, 1.807) is 0 Å². The summed E-state index contributed by atoms with van der Waals surface area (Å²) in [5.74, 6) is 2.54. The van der Waals surface area contributed by atoms with Crippen LogP contribution in [0.1, 0.15) is 0 Å². The molecule has 11 rings (SSSR count). The molecular weight excluding hydrogens is 633 g/mol. The summed E-state index contributed by atoms with van der Waals surface area (Å²) in [4.78, 5) is 0. The molecule has 0 spiro atoms. The average Bonchev–Trinajstić information content (AvgIpc) is 3.55. The van der Waals surface area contributed by atoms with Crippen molar-refractivity contribution in [1.29, 1.82) is 0 Å². The number of ether oxygens (including phenoxy) is 1. The standard InChI is InChI=1S/C48H30BNO2/c1-2-12-31(13-3-1)32-14-10-15-33(26-32)35-24-25-45-40(28-35)41-29-36(30-47-48(41)49(52-45)42-20-6-9-23-46(42)51-47)34-16-11-17-37(27-34)50-43-21-7-4-18-38(43)39-19-5-8-22-44(39)50/h1-30H. The molecule has 0 N–H and O–H groups in total. The summed E-state index contributed by atoms with van der Waals surface area (Å²) in [6, 6.07) is 64.8. The minimum Gasteiger partial charge on any atom is -0.551 e. The van der Waals surface area contributed by atoms with Crippen LogP contribution in [0.2, 0.25) is 0 Å². The fourth-order valence-corrected chi connectivity index (χ4v) is 8.24. The number of nitrogens with zero attached hydrogens (tertiary/aromatic N) is 1. The molecule has 3 heterocycles. The Morgan fingerprint density at radius 3 is 1.81 bits per heavy atom. The first-order chi connectivity index (χ1) is 25.8. The van der Waals surface area contributed by atoms with Gasteiger partial charge in [-0.2, -0.15) is 0 Å². The van der Waals surface area contributed by atoms with Gasteiger partial charge in [0.15, 0.2) is 0 Å². The molecule has 2 aliphatic rings. The fraction of sp³-hybridized carbons (Fsp3) is 0. The third-order valence-electron chi connectivity index (χ3n) is 10.7. The molecule has 242 valence electrons. The zero-order valence-electron chi connectivity index (χ0n) is 28.2. The van der Waals surface area contributed by atoms with Gasteiger partial charge in [0.1, 0.15) is 17.2 Å². The number of fused-ring (bicyclic) bond motifs is 7. The number of hydrogen-bond acceptors (Lipinski definition) is 2. The zero-order chi connectivity index (χ0) is 34.2. The van der Waals surface area contributed by atoms with Crippen LogP contribution >= 0.6 is 0 Å². The maximum absolute atomic E-state index is 6.86. The Morgan fingerprint density at radius 1 is 0.385 bits per heavy atom. The monoisotopic (exact) mass is 663 g/mol. The molecule has 9 aromatic rings. The largest absolute Gasteiger partial charge is 0.551 e. The lowest BCUT2D eigenvalue weighted by Gasteiger charge is -2.33. The Bertz CT molecular complexity index is 2820. The van der Waals surface area contributed by atoms with Crippen LogP contribution in [0.25, 0.3) is 72.0 Å². The van der Waals surface area contributed by atoms with Crippen LogP contribution in [0.3, 0.4) is 0 Å². The van der Waals surface area contributed by atoms with Crippen molar-refractivity contribution in [3.63, 3.8) is 0 Å². The van der Waals surface area contributed by atoms with Crippen molar-refractivity contribution in [3.8, 4) is 67.4 Å². The molecule has 0 radical (unpaired) electrons. The summed E-state index contributed by atoms with van der Waals surface area (Å²) in [7, 11) is 0. The minimum absolute atomic E-state index is 0.257. The molecule has 4 heteroatoms. The summed E-state index contributed by atoms with van der Waals surface area (Å²) >= 11 is 0. The maximum atomic E-state index is 6.86. The molecule has 0 saturated heterocycles. The smallest absolute Gasteiger partial charge is 0.434 e. The highest BCUT2D eigenvalue weighted by Crippen LogP contribution is 2.44. The minimum atomic E-state index is -0.257. The van der Waals surface area contributed by atoms with Gasteiger partial charge in [-0.1, -0.05) is 121 Å². The van der Waals surface area contributed by atoms with Crippen LogP contribution in [0, 0.1) is 0 Å². The molecule has 0 fully saturated rings. The van der Waals surface area contributed by atoms with Crippen molar-refractivity contribution in [3.05, 3.63) is 182 Å². The average molecular weight is 664 g/mol. The molecular formula is C48H30BNO2. The predicted octanol–water partition coefficient (Wildman–Crippen LogP) is 11.1. The van der Waals surface area contributed by atoms with Crippen LogP contribution in [-0.4, -0.2) is 11.5 Å². The SMILES string of the molecule is c1ccc(-c2cccc(-c3ccc4c(c3)-c3cc(-c5cccc(-n6c7ccccc7c7ccccc76)c5)cc5c3B(O4)c3ccccc3O5)c2)cc1. The topological polar surface area (TPSA) is 23.4 Å². The molecule has 0 atom stereocenters. The lowest BCUT2D eigenvalue weighted by atomic mass is 9.50. The molecule has 0 bridgehead atoms. The molecule has 0 saturated carbocycles. The van der Waals surface area contributed by atoms with E-state index in [0.717, 1.165) is 67.2 Å². The number of benzene rings is 8. The summed E-state index contributed by atoms with van der Waals surface area (Å²) in [6.45, 7) is -0.257. The predicted molar refractivity (Wildman–Crippen MR) is 215 cm³/mol. The highest BCUT2D eigenvalue weighted by atomic mass is 16.5. The molecule has 52 heavy (non-hydrogen) atoms. The second kappa shape index (κ2) is 11.4. The van der Waals surface area contributed by atoms with Gasteiger partial charge in [0.05, 0.1) is 11.0 Å². The number of hydrogen-bond donors (Lipinski definition) is 0. The quantitative estimate of drug-likeness (QED) is 0.175. The zero-order valence-corrected chi connectivity index (χ0v) is 28.2. The van der Waals surface area contributed by atoms with Gasteiger partial charge in [0.25, 0.3) is 0 Å². The van der Waals surface area contributed by atoms with E-state index in [2.05, 4.69) is 174 Å². The van der Waals surface area contributed by atoms with E-state index in [9.17, 15) is 0 Å². The Balaban J connectivity index is 1.09. The van der Waals surface area contributed by atoms with Gasteiger partial charge in [-0.05, 0) is 99.6 Å². The van der Waals surface area contributed by atoms with Crippen molar-refractivity contribution < 1.29 is 9.39 Å². The van der Waals surface area contributed by atoms with Gasteiger partial charge >= 0.3 is 6.92 Å². The molecule has 0 unspecified atom stereocenters. The van der Waals surface area contributed by atoms with Gasteiger partial charge in [-0.25, -0.2) is 0 Å². The van der Waals surface area contributed by atoms with E-state index >= 15 is 0 Å². The second-order valence-electron chi connectivity index (χ2n) is 13.7.